The van der Waals surface area contributed by atoms with Gasteiger partial charge in [0.2, 0.25) is 0 Å². The quantitative estimate of drug-likeness (QED) is 0.641. The molecule has 0 amide bonds. The van der Waals surface area contributed by atoms with Crippen LogP contribution in [0.4, 0.5) is 0 Å². The maximum atomic E-state index is 10.7. The highest BCUT2D eigenvalue weighted by Gasteiger charge is 2.48. The Morgan fingerprint density at radius 2 is 2.17 bits per heavy atom. The first-order valence-electron chi connectivity index (χ1n) is 4.60. The van der Waals surface area contributed by atoms with Gasteiger partial charge in [-0.1, -0.05) is 25.5 Å². The molecule has 0 aliphatic heterocycles. The molecule has 1 fully saturated rings. The van der Waals surface area contributed by atoms with Gasteiger partial charge in [0.1, 0.15) is 0 Å². The Bertz CT molecular complexity index is 190. The first kappa shape index (κ1) is 9.30. The third-order valence-corrected chi connectivity index (χ3v) is 2.44. The summed E-state index contributed by atoms with van der Waals surface area (Å²) in [5.74, 6) is -0.622. The number of allylic oxidation sites excluding steroid dienone is 2. The van der Waals surface area contributed by atoms with Gasteiger partial charge >= 0.3 is 5.97 Å². The Labute approximate surface area is 73.3 Å². The van der Waals surface area contributed by atoms with Crippen molar-refractivity contribution in [1.82, 2.24) is 0 Å². The van der Waals surface area contributed by atoms with Crippen LogP contribution in [-0.2, 0) is 4.79 Å². The van der Waals surface area contributed by atoms with Gasteiger partial charge in [-0.25, -0.2) is 0 Å². The number of hydrogen-bond donors (Lipinski definition) is 1. The topological polar surface area (TPSA) is 37.3 Å². The lowest BCUT2D eigenvalue weighted by Gasteiger charge is -2.03. The molecule has 0 saturated heterocycles. The monoisotopic (exact) mass is 168 g/mol. The van der Waals surface area contributed by atoms with Gasteiger partial charge in [0.25, 0.3) is 0 Å². The zero-order valence-corrected chi connectivity index (χ0v) is 7.55. The van der Waals surface area contributed by atoms with Crippen LogP contribution in [0.5, 0.6) is 0 Å². The summed E-state index contributed by atoms with van der Waals surface area (Å²) in [6.45, 7) is 2.12. The van der Waals surface area contributed by atoms with Crippen LogP contribution in [0.1, 0.15) is 39.0 Å². The van der Waals surface area contributed by atoms with Crippen molar-refractivity contribution < 1.29 is 9.90 Å². The Kier molecular flexibility index (Phi) is 2.90. The molecule has 2 nitrogen and oxygen atoms in total. The second-order valence-corrected chi connectivity index (χ2v) is 3.55. The van der Waals surface area contributed by atoms with E-state index in [0.29, 0.717) is 0 Å². The smallest absolute Gasteiger partial charge is 0.309 e. The fourth-order valence-electron chi connectivity index (χ4n) is 1.25. The first-order valence-corrected chi connectivity index (χ1v) is 4.60. The Morgan fingerprint density at radius 3 is 2.58 bits per heavy atom. The molecule has 0 radical (unpaired) electrons. The number of hydrogen-bond acceptors (Lipinski definition) is 1. The number of carboxylic acids is 1. The lowest BCUT2D eigenvalue weighted by atomic mass is 10.0. The van der Waals surface area contributed by atoms with Gasteiger partial charge in [0.15, 0.2) is 0 Å². The van der Waals surface area contributed by atoms with Gasteiger partial charge in [-0.3, -0.25) is 4.79 Å². The molecule has 1 saturated carbocycles. The zero-order valence-electron chi connectivity index (χ0n) is 7.55. The third kappa shape index (κ3) is 2.10. The molecule has 0 spiro atoms. The maximum absolute atomic E-state index is 10.7. The average molecular weight is 168 g/mol. The van der Waals surface area contributed by atoms with Crippen LogP contribution in [0.15, 0.2) is 12.2 Å². The van der Waals surface area contributed by atoms with Crippen LogP contribution in [0.25, 0.3) is 0 Å². The molecule has 1 rings (SSSR count). The predicted octanol–water partition coefficient (Wildman–Crippen LogP) is 2.60. The predicted molar refractivity (Wildman–Crippen MR) is 48.0 cm³/mol. The molecule has 0 aromatic heterocycles. The van der Waals surface area contributed by atoms with Crippen molar-refractivity contribution in [1.29, 1.82) is 0 Å². The van der Waals surface area contributed by atoms with Gasteiger partial charge < -0.3 is 5.11 Å². The third-order valence-electron chi connectivity index (χ3n) is 2.44. The summed E-state index contributed by atoms with van der Waals surface area (Å²) in [6.07, 6.45) is 8.75. The van der Waals surface area contributed by atoms with Gasteiger partial charge in [-0.05, 0) is 25.7 Å². The Morgan fingerprint density at radius 1 is 1.50 bits per heavy atom. The molecule has 68 valence electrons. The fraction of sp³-hybridized carbons (Fsp3) is 0.700. The molecule has 0 unspecified atom stereocenters. The molecule has 1 aliphatic carbocycles. The largest absolute Gasteiger partial charge is 0.481 e. The summed E-state index contributed by atoms with van der Waals surface area (Å²) in [4.78, 5) is 10.7. The van der Waals surface area contributed by atoms with Crippen LogP contribution in [0.2, 0.25) is 0 Å². The van der Waals surface area contributed by atoms with E-state index in [-0.39, 0.29) is 5.41 Å². The van der Waals surface area contributed by atoms with E-state index >= 15 is 0 Å². The summed E-state index contributed by atoms with van der Waals surface area (Å²) < 4.78 is 0. The molecule has 2 heteroatoms. The molecule has 0 heterocycles. The molecule has 1 aliphatic rings. The molecule has 1 N–H and O–H groups in total. The van der Waals surface area contributed by atoms with Gasteiger partial charge in [-0.2, -0.15) is 0 Å². The molecule has 0 atom stereocenters. The summed E-state index contributed by atoms with van der Waals surface area (Å²) >= 11 is 0. The van der Waals surface area contributed by atoms with Gasteiger partial charge in [0.05, 0.1) is 5.41 Å². The van der Waals surface area contributed by atoms with Crippen molar-refractivity contribution in [3.8, 4) is 0 Å². The summed E-state index contributed by atoms with van der Waals surface area (Å²) in [6, 6.07) is 0. The maximum Gasteiger partial charge on any atom is 0.309 e. The molecular weight excluding hydrogens is 152 g/mol. The number of rotatable bonds is 5. The highest BCUT2D eigenvalue weighted by Crippen LogP contribution is 2.49. The van der Waals surface area contributed by atoms with Crippen LogP contribution in [-0.4, -0.2) is 11.1 Å². The van der Waals surface area contributed by atoms with E-state index in [1.807, 2.05) is 6.08 Å². The van der Waals surface area contributed by atoms with Gasteiger partial charge in [0, 0.05) is 0 Å². The van der Waals surface area contributed by atoms with E-state index in [1.54, 1.807) is 0 Å². The summed E-state index contributed by atoms with van der Waals surface area (Å²) in [7, 11) is 0. The number of carbonyl (C=O) groups is 1. The summed E-state index contributed by atoms with van der Waals surface area (Å²) in [5, 5.41) is 8.83. The minimum Gasteiger partial charge on any atom is -0.481 e. The molecule has 0 aromatic rings. The van der Waals surface area contributed by atoms with E-state index in [4.69, 9.17) is 5.11 Å². The Hall–Kier alpha value is -0.790. The van der Waals surface area contributed by atoms with E-state index in [0.717, 1.165) is 32.1 Å². The van der Waals surface area contributed by atoms with Crippen molar-refractivity contribution in [3.05, 3.63) is 12.2 Å². The van der Waals surface area contributed by atoms with E-state index in [2.05, 4.69) is 13.0 Å². The van der Waals surface area contributed by atoms with Gasteiger partial charge in [-0.15, -0.1) is 0 Å². The van der Waals surface area contributed by atoms with Crippen molar-refractivity contribution in [2.75, 3.05) is 0 Å². The van der Waals surface area contributed by atoms with Crippen molar-refractivity contribution >= 4 is 5.97 Å². The molecule has 12 heavy (non-hydrogen) atoms. The van der Waals surface area contributed by atoms with Crippen molar-refractivity contribution in [2.24, 2.45) is 5.41 Å². The lowest BCUT2D eigenvalue weighted by molar-refractivity contribution is -0.143. The zero-order chi connectivity index (χ0) is 9.03. The Balaban J connectivity index is 2.27. The average Bonchev–Trinajstić information content (AvgIpc) is 2.79. The van der Waals surface area contributed by atoms with Crippen LogP contribution >= 0.6 is 0 Å². The minimum atomic E-state index is -0.622. The number of unbranched alkanes of at least 4 members (excludes halogenated alkanes) is 1. The van der Waals surface area contributed by atoms with E-state index < -0.39 is 5.97 Å². The van der Waals surface area contributed by atoms with E-state index in [9.17, 15) is 4.79 Å². The van der Waals surface area contributed by atoms with Crippen LogP contribution in [0.3, 0.4) is 0 Å². The molecule has 0 aromatic carbocycles. The molecule has 0 bridgehead atoms. The second kappa shape index (κ2) is 3.74. The lowest BCUT2D eigenvalue weighted by Crippen LogP contribution is -2.13. The minimum absolute atomic E-state index is 0.371. The highest BCUT2D eigenvalue weighted by atomic mass is 16.4. The normalized spacial score (nSPS) is 19.8. The summed E-state index contributed by atoms with van der Waals surface area (Å²) in [5.41, 5.74) is -0.371. The molecular formula is C10H16O2. The van der Waals surface area contributed by atoms with Crippen molar-refractivity contribution in [2.45, 2.75) is 39.0 Å². The fourth-order valence-corrected chi connectivity index (χ4v) is 1.25. The first-order chi connectivity index (χ1) is 5.71. The second-order valence-electron chi connectivity index (χ2n) is 3.55. The van der Waals surface area contributed by atoms with Crippen LogP contribution < -0.4 is 0 Å². The standard InChI is InChI=1S/C10H16O2/c1-2-3-4-5-6-10(7-8-10)9(11)12/h4-5H,2-3,6-8H2,1H3,(H,11,12)/b5-4+. The van der Waals surface area contributed by atoms with Crippen molar-refractivity contribution in [3.63, 3.8) is 0 Å². The highest BCUT2D eigenvalue weighted by molar-refractivity contribution is 5.77. The number of aliphatic carboxylic acids is 1. The number of carboxylic acid groups (broad SMARTS) is 1. The van der Waals surface area contributed by atoms with E-state index in [1.165, 1.54) is 0 Å². The van der Waals surface area contributed by atoms with Crippen LogP contribution in [0, 0.1) is 5.41 Å². The SMILES string of the molecule is CCC/C=C/CC1(C(=O)O)CC1.